The highest BCUT2D eigenvalue weighted by Crippen LogP contribution is 2.26. The summed E-state index contributed by atoms with van der Waals surface area (Å²) in [6.45, 7) is 1.24. The molecule has 0 saturated carbocycles. The zero-order valence-corrected chi connectivity index (χ0v) is 15.0. The van der Waals surface area contributed by atoms with E-state index in [1.807, 2.05) is 24.3 Å². The lowest BCUT2D eigenvalue weighted by Gasteiger charge is -2.10. The molecule has 0 aliphatic rings. The van der Waals surface area contributed by atoms with Crippen LogP contribution in [-0.2, 0) is 10.5 Å². The molecule has 8 heteroatoms. The summed E-state index contributed by atoms with van der Waals surface area (Å²) in [5, 5.41) is 15.6. The Labute approximate surface area is 155 Å². The number of rotatable bonds is 8. The van der Waals surface area contributed by atoms with Crippen LogP contribution >= 0.6 is 11.8 Å². The van der Waals surface area contributed by atoms with Crippen LogP contribution in [0.2, 0.25) is 0 Å². The Bertz CT molecular complexity index is 903. The fourth-order valence-corrected chi connectivity index (χ4v) is 3.19. The molecular weight excluding hydrogens is 352 g/mol. The van der Waals surface area contributed by atoms with Gasteiger partial charge in [0, 0.05) is 36.9 Å². The number of anilines is 1. The van der Waals surface area contributed by atoms with E-state index in [-0.39, 0.29) is 5.69 Å². The Kier molecular flexibility index (Phi) is 5.98. The summed E-state index contributed by atoms with van der Waals surface area (Å²) in [7, 11) is 1.66. The molecule has 1 N–H and O–H groups in total. The molecule has 0 aliphatic heterocycles. The molecule has 1 heterocycles. The van der Waals surface area contributed by atoms with Crippen molar-refractivity contribution < 1.29 is 9.66 Å². The molecule has 3 rings (SSSR count). The first-order valence-electron chi connectivity index (χ1n) is 8.03. The van der Waals surface area contributed by atoms with E-state index in [1.165, 1.54) is 23.9 Å². The van der Waals surface area contributed by atoms with Gasteiger partial charge in [-0.25, -0.2) is 9.97 Å². The number of ether oxygens (including phenoxy) is 1. The smallest absolute Gasteiger partial charge is 0.269 e. The van der Waals surface area contributed by atoms with E-state index < -0.39 is 4.92 Å². The van der Waals surface area contributed by atoms with Crippen LogP contribution < -0.4 is 5.32 Å². The summed E-state index contributed by atoms with van der Waals surface area (Å²) in [5.41, 5.74) is 1.94. The van der Waals surface area contributed by atoms with Crippen LogP contribution in [0.1, 0.15) is 5.56 Å². The summed E-state index contributed by atoms with van der Waals surface area (Å²) >= 11 is 1.49. The van der Waals surface area contributed by atoms with Crippen molar-refractivity contribution in [1.82, 2.24) is 9.97 Å². The third-order valence-corrected chi connectivity index (χ3v) is 4.61. The summed E-state index contributed by atoms with van der Waals surface area (Å²) in [4.78, 5) is 19.5. The molecule has 0 unspecified atom stereocenters. The van der Waals surface area contributed by atoms with Gasteiger partial charge in [-0.15, -0.1) is 0 Å². The van der Waals surface area contributed by atoms with E-state index >= 15 is 0 Å². The Balaban J connectivity index is 1.77. The largest absolute Gasteiger partial charge is 0.383 e. The van der Waals surface area contributed by atoms with Crippen molar-refractivity contribution in [1.29, 1.82) is 0 Å². The lowest BCUT2D eigenvalue weighted by atomic mass is 10.2. The minimum absolute atomic E-state index is 0.0883. The Morgan fingerprint density at radius 2 is 1.92 bits per heavy atom. The standard InChI is InChI=1S/C18H18N4O3S/c1-25-11-10-19-17-15-4-2-3-5-16(15)20-18(21-17)26-12-13-6-8-14(9-7-13)22(23)24/h2-9H,10-12H2,1H3,(H,19,20,21). The predicted octanol–water partition coefficient (Wildman–Crippen LogP) is 3.89. The summed E-state index contributed by atoms with van der Waals surface area (Å²) in [5.74, 6) is 1.41. The van der Waals surface area contributed by atoms with Crippen LogP contribution in [0, 0.1) is 10.1 Å². The molecular formula is C18H18N4O3S. The van der Waals surface area contributed by atoms with Crippen molar-refractivity contribution in [3.05, 3.63) is 64.2 Å². The van der Waals surface area contributed by atoms with E-state index in [1.54, 1.807) is 19.2 Å². The first-order chi connectivity index (χ1) is 12.7. The number of nitro benzene ring substituents is 1. The van der Waals surface area contributed by atoms with Gasteiger partial charge in [0.2, 0.25) is 0 Å². The van der Waals surface area contributed by atoms with Crippen LogP contribution in [0.3, 0.4) is 0 Å². The highest BCUT2D eigenvalue weighted by molar-refractivity contribution is 7.98. The van der Waals surface area contributed by atoms with Crippen molar-refractivity contribution >= 4 is 34.2 Å². The van der Waals surface area contributed by atoms with Crippen LogP contribution in [0.5, 0.6) is 0 Å². The molecule has 7 nitrogen and oxygen atoms in total. The molecule has 2 aromatic carbocycles. The topological polar surface area (TPSA) is 90.2 Å². The Morgan fingerprint density at radius 1 is 1.15 bits per heavy atom. The lowest BCUT2D eigenvalue weighted by molar-refractivity contribution is -0.384. The van der Waals surface area contributed by atoms with Crippen LogP contribution in [-0.4, -0.2) is 35.2 Å². The van der Waals surface area contributed by atoms with Crippen molar-refractivity contribution in [2.75, 3.05) is 25.6 Å². The highest BCUT2D eigenvalue weighted by Gasteiger charge is 2.09. The van der Waals surface area contributed by atoms with Gasteiger partial charge in [-0.3, -0.25) is 10.1 Å². The number of hydrogen-bond donors (Lipinski definition) is 1. The van der Waals surface area contributed by atoms with Crippen molar-refractivity contribution in [3.8, 4) is 0 Å². The summed E-state index contributed by atoms with van der Waals surface area (Å²) in [6.07, 6.45) is 0. The zero-order chi connectivity index (χ0) is 18.4. The number of methoxy groups -OCH3 is 1. The monoisotopic (exact) mass is 370 g/mol. The molecule has 134 valence electrons. The van der Waals surface area contributed by atoms with Crippen molar-refractivity contribution in [3.63, 3.8) is 0 Å². The second-order valence-electron chi connectivity index (χ2n) is 5.50. The number of thioether (sulfide) groups is 1. The van der Waals surface area contributed by atoms with Crippen LogP contribution in [0.4, 0.5) is 11.5 Å². The molecule has 3 aromatic rings. The normalized spacial score (nSPS) is 10.8. The molecule has 0 spiro atoms. The molecule has 0 radical (unpaired) electrons. The maximum Gasteiger partial charge on any atom is 0.269 e. The van der Waals surface area contributed by atoms with Gasteiger partial charge in [0.15, 0.2) is 5.16 Å². The average molecular weight is 370 g/mol. The maximum absolute atomic E-state index is 10.7. The van der Waals surface area contributed by atoms with Gasteiger partial charge < -0.3 is 10.1 Å². The van der Waals surface area contributed by atoms with Crippen LogP contribution in [0.25, 0.3) is 10.9 Å². The van der Waals surface area contributed by atoms with Gasteiger partial charge in [-0.05, 0) is 17.7 Å². The molecule has 0 amide bonds. The lowest BCUT2D eigenvalue weighted by Crippen LogP contribution is -2.10. The molecule has 0 saturated heterocycles. The van der Waals surface area contributed by atoms with Gasteiger partial charge in [0.25, 0.3) is 5.69 Å². The van der Waals surface area contributed by atoms with Gasteiger partial charge in [-0.2, -0.15) is 0 Å². The number of hydrogen-bond acceptors (Lipinski definition) is 7. The van der Waals surface area contributed by atoms with Gasteiger partial charge in [0.1, 0.15) is 5.82 Å². The highest BCUT2D eigenvalue weighted by atomic mass is 32.2. The number of nitrogens with zero attached hydrogens (tertiary/aromatic N) is 3. The summed E-state index contributed by atoms with van der Waals surface area (Å²) in [6, 6.07) is 14.4. The third-order valence-electron chi connectivity index (χ3n) is 3.70. The quantitative estimate of drug-likeness (QED) is 0.211. The molecule has 1 aromatic heterocycles. The average Bonchev–Trinajstić information content (AvgIpc) is 2.67. The third kappa shape index (κ3) is 4.47. The minimum atomic E-state index is -0.401. The number of non-ortho nitro benzene ring substituents is 1. The maximum atomic E-state index is 10.7. The van der Waals surface area contributed by atoms with Crippen molar-refractivity contribution in [2.45, 2.75) is 10.9 Å². The predicted molar refractivity (Wildman–Crippen MR) is 103 cm³/mol. The van der Waals surface area contributed by atoms with Gasteiger partial charge in [-0.1, -0.05) is 36.0 Å². The van der Waals surface area contributed by atoms with E-state index in [0.717, 1.165) is 22.3 Å². The number of benzene rings is 2. The second kappa shape index (κ2) is 8.59. The van der Waals surface area contributed by atoms with E-state index in [0.29, 0.717) is 24.1 Å². The van der Waals surface area contributed by atoms with E-state index in [9.17, 15) is 10.1 Å². The number of nitrogens with one attached hydrogen (secondary N) is 1. The minimum Gasteiger partial charge on any atom is -0.383 e. The van der Waals surface area contributed by atoms with E-state index in [4.69, 9.17) is 4.74 Å². The van der Waals surface area contributed by atoms with Gasteiger partial charge in [0.05, 0.1) is 17.0 Å². The number of fused-ring (bicyclic) bond motifs is 1. The second-order valence-corrected chi connectivity index (χ2v) is 6.45. The number of para-hydroxylation sites is 1. The fourth-order valence-electron chi connectivity index (χ4n) is 2.39. The SMILES string of the molecule is COCCNc1nc(SCc2ccc([N+](=O)[O-])cc2)nc2ccccc12. The number of aromatic nitrogens is 2. The number of nitro groups is 1. The Morgan fingerprint density at radius 3 is 2.65 bits per heavy atom. The first-order valence-corrected chi connectivity index (χ1v) is 9.01. The van der Waals surface area contributed by atoms with E-state index in [2.05, 4.69) is 15.3 Å². The molecule has 0 fully saturated rings. The Hall–Kier alpha value is -2.71. The zero-order valence-electron chi connectivity index (χ0n) is 14.2. The molecule has 0 bridgehead atoms. The van der Waals surface area contributed by atoms with Crippen LogP contribution in [0.15, 0.2) is 53.7 Å². The van der Waals surface area contributed by atoms with Gasteiger partial charge >= 0.3 is 0 Å². The fraction of sp³-hybridized carbons (Fsp3) is 0.222. The molecule has 0 aliphatic carbocycles. The molecule has 0 atom stereocenters. The first kappa shape index (κ1) is 18.1. The summed E-state index contributed by atoms with van der Waals surface area (Å²) < 4.78 is 5.08. The van der Waals surface area contributed by atoms with Crippen molar-refractivity contribution in [2.24, 2.45) is 0 Å². The molecule has 26 heavy (non-hydrogen) atoms.